The number of likely N-dealkylation sites (tertiary alicyclic amines) is 1. The second kappa shape index (κ2) is 12.9. The first kappa shape index (κ1) is 29.2. The molecule has 0 aliphatic carbocycles. The van der Waals surface area contributed by atoms with Gasteiger partial charge in [-0.05, 0) is 55.7 Å². The van der Waals surface area contributed by atoms with Gasteiger partial charge in [-0.25, -0.2) is 0 Å². The van der Waals surface area contributed by atoms with Crippen LogP contribution in [0.3, 0.4) is 0 Å². The van der Waals surface area contributed by atoms with Gasteiger partial charge in [0, 0.05) is 44.6 Å². The average molecular weight is 515 g/mol. The van der Waals surface area contributed by atoms with E-state index in [4.69, 9.17) is 4.74 Å². The predicted octanol–water partition coefficient (Wildman–Crippen LogP) is 4.48. The average Bonchev–Trinajstić information content (AvgIpc) is 3.42. The number of hydrogen-bond acceptors (Lipinski definition) is 5. The Morgan fingerprint density at radius 1 is 1.22 bits per heavy atom. The van der Waals surface area contributed by atoms with E-state index < -0.39 is 11.9 Å². The summed E-state index contributed by atoms with van der Waals surface area (Å²) in [6, 6.07) is 5.81. The molecule has 1 fully saturated rings. The van der Waals surface area contributed by atoms with Crippen LogP contribution >= 0.6 is 0 Å². The second-order valence-electron chi connectivity index (χ2n) is 11.7. The van der Waals surface area contributed by atoms with E-state index in [1.807, 2.05) is 17.0 Å². The molecule has 2 N–H and O–H groups in total. The van der Waals surface area contributed by atoms with E-state index in [9.17, 15) is 19.8 Å². The number of benzene rings is 1. The SMILES string of the molecule is CCCCN(CCCO)C(=O)CN1C[C@H](c2ccc3c(c2)CCO3)[C@@H](C(=O)O)[C@@H]1CC(C)(C)C=C(C)C. The smallest absolute Gasteiger partial charge is 0.308 e. The van der Waals surface area contributed by atoms with Crippen molar-refractivity contribution in [3.05, 3.63) is 41.0 Å². The summed E-state index contributed by atoms with van der Waals surface area (Å²) in [5, 5.41) is 19.8. The molecule has 0 saturated carbocycles. The normalized spacial score (nSPS) is 21.4. The Bertz CT molecular complexity index is 961. The Balaban J connectivity index is 1.93. The van der Waals surface area contributed by atoms with E-state index in [0.29, 0.717) is 39.1 Å². The van der Waals surface area contributed by atoms with Crippen LogP contribution in [0.1, 0.15) is 77.3 Å². The number of rotatable bonds is 13. The highest BCUT2D eigenvalue weighted by molar-refractivity contribution is 5.79. The van der Waals surface area contributed by atoms with E-state index >= 15 is 0 Å². The maximum Gasteiger partial charge on any atom is 0.308 e. The van der Waals surface area contributed by atoms with Crippen LogP contribution in [0.25, 0.3) is 0 Å². The van der Waals surface area contributed by atoms with Crippen molar-refractivity contribution in [3.8, 4) is 5.75 Å². The number of nitrogens with zero attached hydrogens (tertiary/aromatic N) is 2. The third-order valence-corrected chi connectivity index (χ3v) is 7.65. The zero-order chi connectivity index (χ0) is 27.2. The molecule has 7 heteroatoms. The van der Waals surface area contributed by atoms with Gasteiger partial charge in [-0.1, -0.05) is 51.0 Å². The van der Waals surface area contributed by atoms with Crippen LogP contribution in [0.2, 0.25) is 0 Å². The van der Waals surface area contributed by atoms with Crippen LogP contribution in [0.5, 0.6) is 5.75 Å². The molecule has 1 saturated heterocycles. The molecule has 1 aromatic rings. The Morgan fingerprint density at radius 3 is 2.59 bits per heavy atom. The van der Waals surface area contributed by atoms with Gasteiger partial charge in [-0.3, -0.25) is 14.5 Å². The predicted molar refractivity (Wildman–Crippen MR) is 146 cm³/mol. The highest BCUT2D eigenvalue weighted by Crippen LogP contribution is 2.44. The van der Waals surface area contributed by atoms with Crippen molar-refractivity contribution in [3.63, 3.8) is 0 Å². The number of aliphatic hydroxyl groups excluding tert-OH is 1. The topological polar surface area (TPSA) is 90.3 Å². The first-order valence-corrected chi connectivity index (χ1v) is 13.8. The zero-order valence-electron chi connectivity index (χ0n) is 23.3. The highest BCUT2D eigenvalue weighted by Gasteiger charge is 2.48. The number of aliphatic hydroxyl groups is 1. The lowest BCUT2D eigenvalue weighted by molar-refractivity contribution is -0.144. The molecule has 0 unspecified atom stereocenters. The van der Waals surface area contributed by atoms with Crippen molar-refractivity contribution in [2.45, 2.75) is 78.7 Å². The van der Waals surface area contributed by atoms with Crippen molar-refractivity contribution in [2.24, 2.45) is 11.3 Å². The molecule has 0 spiro atoms. The van der Waals surface area contributed by atoms with E-state index in [2.05, 4.69) is 51.7 Å². The van der Waals surface area contributed by atoms with E-state index in [1.165, 1.54) is 5.57 Å². The van der Waals surface area contributed by atoms with E-state index in [1.54, 1.807) is 0 Å². The van der Waals surface area contributed by atoms with Crippen molar-refractivity contribution in [2.75, 3.05) is 39.4 Å². The van der Waals surface area contributed by atoms with Crippen molar-refractivity contribution in [1.82, 2.24) is 9.80 Å². The monoisotopic (exact) mass is 514 g/mol. The molecular weight excluding hydrogens is 468 g/mol. The number of amides is 1. The van der Waals surface area contributed by atoms with Gasteiger partial charge >= 0.3 is 5.97 Å². The molecule has 3 rings (SSSR count). The van der Waals surface area contributed by atoms with Gasteiger partial charge in [-0.2, -0.15) is 0 Å². The van der Waals surface area contributed by atoms with Crippen LogP contribution < -0.4 is 4.74 Å². The summed E-state index contributed by atoms with van der Waals surface area (Å²) >= 11 is 0. The molecule has 0 bridgehead atoms. The lowest BCUT2D eigenvalue weighted by Gasteiger charge is -2.34. The van der Waals surface area contributed by atoms with Crippen LogP contribution in [-0.2, 0) is 16.0 Å². The summed E-state index contributed by atoms with van der Waals surface area (Å²) in [5.74, 6) is -0.723. The molecule has 206 valence electrons. The largest absolute Gasteiger partial charge is 0.493 e. The molecule has 2 aliphatic rings. The number of hydrogen-bond donors (Lipinski definition) is 2. The zero-order valence-corrected chi connectivity index (χ0v) is 23.3. The summed E-state index contributed by atoms with van der Waals surface area (Å²) in [7, 11) is 0. The van der Waals surface area contributed by atoms with Gasteiger partial charge in [0.05, 0.1) is 19.1 Å². The minimum Gasteiger partial charge on any atom is -0.493 e. The fourth-order valence-electron chi connectivity index (χ4n) is 6.15. The number of carboxylic acids is 1. The van der Waals surface area contributed by atoms with Crippen LogP contribution in [0.15, 0.2) is 29.8 Å². The lowest BCUT2D eigenvalue weighted by Crippen LogP contribution is -2.46. The standard InChI is InChI=1S/C30H46N2O5/c1-6-7-12-31(13-8-14-33)27(34)20-32-19-24(22-9-10-26-23(16-22)11-15-37-26)28(29(35)36)25(32)18-30(4,5)17-21(2)3/h9-10,16-17,24-25,28,33H,6-8,11-15,18-20H2,1-5H3,(H,35,36)/t24-,25+,28-/m1/s1. The van der Waals surface area contributed by atoms with Gasteiger partial charge in [0.15, 0.2) is 0 Å². The number of aliphatic carboxylic acids is 1. The number of carbonyl (C=O) groups excluding carboxylic acids is 1. The third kappa shape index (κ3) is 7.57. The maximum absolute atomic E-state index is 13.5. The number of carbonyl (C=O) groups is 2. The fourth-order valence-corrected chi connectivity index (χ4v) is 6.15. The number of carboxylic acid groups (broad SMARTS) is 1. The van der Waals surface area contributed by atoms with Gasteiger partial charge in [-0.15, -0.1) is 0 Å². The first-order chi connectivity index (χ1) is 17.6. The van der Waals surface area contributed by atoms with Gasteiger partial charge in [0.25, 0.3) is 0 Å². The Hall–Kier alpha value is -2.38. The number of allylic oxidation sites excluding steroid dienone is 2. The molecular formula is C30H46N2O5. The quantitative estimate of drug-likeness (QED) is 0.377. The highest BCUT2D eigenvalue weighted by atomic mass is 16.5. The molecule has 2 heterocycles. The van der Waals surface area contributed by atoms with Crippen molar-refractivity contribution >= 4 is 11.9 Å². The van der Waals surface area contributed by atoms with E-state index in [0.717, 1.165) is 36.1 Å². The second-order valence-corrected chi connectivity index (χ2v) is 11.7. The summed E-state index contributed by atoms with van der Waals surface area (Å²) in [5.41, 5.74) is 3.13. The summed E-state index contributed by atoms with van der Waals surface area (Å²) in [4.78, 5) is 30.3. The summed E-state index contributed by atoms with van der Waals surface area (Å²) in [6.45, 7) is 13.1. The van der Waals surface area contributed by atoms with Crippen LogP contribution in [-0.4, -0.2) is 77.3 Å². The molecule has 1 amide bonds. The number of ether oxygens (including phenoxy) is 1. The molecule has 7 nitrogen and oxygen atoms in total. The molecule has 3 atom stereocenters. The van der Waals surface area contributed by atoms with Crippen LogP contribution in [0.4, 0.5) is 0 Å². The first-order valence-electron chi connectivity index (χ1n) is 13.8. The van der Waals surface area contributed by atoms with Crippen LogP contribution in [0, 0.1) is 11.3 Å². The minimum atomic E-state index is -0.808. The summed E-state index contributed by atoms with van der Waals surface area (Å²) < 4.78 is 5.68. The fraction of sp³-hybridized carbons (Fsp3) is 0.667. The minimum absolute atomic E-state index is 0.0130. The maximum atomic E-state index is 13.5. The van der Waals surface area contributed by atoms with Gasteiger partial charge in [0.1, 0.15) is 5.75 Å². The van der Waals surface area contributed by atoms with Gasteiger partial charge < -0.3 is 19.8 Å². The third-order valence-electron chi connectivity index (χ3n) is 7.65. The molecule has 2 aliphatic heterocycles. The number of fused-ring (bicyclic) bond motifs is 1. The Morgan fingerprint density at radius 2 is 1.95 bits per heavy atom. The van der Waals surface area contributed by atoms with Crippen molar-refractivity contribution < 1.29 is 24.5 Å². The molecule has 1 aromatic carbocycles. The van der Waals surface area contributed by atoms with Gasteiger partial charge in [0.2, 0.25) is 5.91 Å². The Kier molecular flexibility index (Phi) is 10.2. The molecule has 0 aromatic heterocycles. The molecule has 0 radical (unpaired) electrons. The van der Waals surface area contributed by atoms with E-state index in [-0.39, 0.29) is 36.4 Å². The number of unbranched alkanes of at least 4 members (excludes halogenated alkanes) is 1. The van der Waals surface area contributed by atoms with Crippen molar-refractivity contribution in [1.29, 1.82) is 0 Å². The summed E-state index contributed by atoms with van der Waals surface area (Å²) in [6.07, 6.45) is 6.14. The lowest BCUT2D eigenvalue weighted by atomic mass is 9.77. The Labute approximate surface area is 222 Å². The molecule has 37 heavy (non-hydrogen) atoms.